The fraction of sp³-hybridized carbons (Fsp3) is 0.562. The summed E-state index contributed by atoms with van der Waals surface area (Å²) in [5, 5.41) is 17.5. The van der Waals surface area contributed by atoms with Crippen LogP contribution in [0.3, 0.4) is 0 Å². The van der Waals surface area contributed by atoms with Crippen molar-refractivity contribution in [1.29, 1.82) is 0 Å². The van der Waals surface area contributed by atoms with E-state index in [-0.39, 0.29) is 0 Å². The van der Waals surface area contributed by atoms with Crippen molar-refractivity contribution < 1.29 is 4.52 Å². The van der Waals surface area contributed by atoms with Crippen LogP contribution in [-0.2, 0) is 12.8 Å². The van der Waals surface area contributed by atoms with Crippen LogP contribution in [0.4, 0.5) is 6.01 Å². The minimum Gasteiger partial charge on any atom is -0.324 e. The van der Waals surface area contributed by atoms with E-state index in [1.807, 2.05) is 11.4 Å². The van der Waals surface area contributed by atoms with Gasteiger partial charge in [-0.15, -0.1) is 10.2 Å². The van der Waals surface area contributed by atoms with Gasteiger partial charge in [0.2, 0.25) is 0 Å². The maximum atomic E-state index is 5.27. The molecule has 24 heavy (non-hydrogen) atoms. The van der Waals surface area contributed by atoms with Gasteiger partial charge in [0.25, 0.3) is 0 Å². The summed E-state index contributed by atoms with van der Waals surface area (Å²) in [4.78, 5) is 6.46. The van der Waals surface area contributed by atoms with Gasteiger partial charge in [-0.1, -0.05) is 5.16 Å². The van der Waals surface area contributed by atoms with Gasteiger partial charge in [-0.25, -0.2) is 0 Å². The molecule has 8 heteroatoms. The number of hydrogen-bond acceptors (Lipinski definition) is 7. The Hall–Kier alpha value is -2.51. The van der Waals surface area contributed by atoms with E-state index in [9.17, 15) is 0 Å². The third kappa shape index (κ3) is 2.16. The highest BCUT2D eigenvalue weighted by Crippen LogP contribution is 2.30. The third-order valence-electron chi connectivity index (χ3n) is 5.09. The SMILES string of the molecule is Cc1noc(N2CCC(c3nnc4cc5c(nn34)CCC5)CC2)n1. The second-order valence-electron chi connectivity index (χ2n) is 6.68. The van der Waals surface area contributed by atoms with Gasteiger partial charge in [0.1, 0.15) is 0 Å². The summed E-state index contributed by atoms with van der Waals surface area (Å²) in [7, 11) is 0. The molecule has 0 atom stereocenters. The largest absolute Gasteiger partial charge is 0.324 e. The number of anilines is 1. The molecule has 0 aromatic carbocycles. The first-order valence-corrected chi connectivity index (χ1v) is 8.57. The van der Waals surface area contributed by atoms with Crippen LogP contribution >= 0.6 is 0 Å². The van der Waals surface area contributed by atoms with Crippen molar-refractivity contribution in [2.75, 3.05) is 18.0 Å². The van der Waals surface area contributed by atoms with Crippen molar-refractivity contribution in [1.82, 2.24) is 30.0 Å². The zero-order chi connectivity index (χ0) is 16.1. The Morgan fingerprint density at radius 3 is 2.83 bits per heavy atom. The molecule has 1 aliphatic heterocycles. The van der Waals surface area contributed by atoms with Gasteiger partial charge in [-0.05, 0) is 50.7 Å². The van der Waals surface area contributed by atoms with Crippen LogP contribution in [0.25, 0.3) is 5.65 Å². The zero-order valence-corrected chi connectivity index (χ0v) is 13.6. The summed E-state index contributed by atoms with van der Waals surface area (Å²) in [5.41, 5.74) is 3.42. The van der Waals surface area contributed by atoms with E-state index in [0.29, 0.717) is 17.8 Å². The second kappa shape index (κ2) is 5.25. The summed E-state index contributed by atoms with van der Waals surface area (Å²) in [6, 6.07) is 2.77. The van der Waals surface area contributed by atoms with Crippen LogP contribution in [-0.4, -0.2) is 43.0 Å². The molecule has 0 spiro atoms. The Kier molecular flexibility index (Phi) is 3.04. The van der Waals surface area contributed by atoms with Crippen LogP contribution in [0.2, 0.25) is 0 Å². The van der Waals surface area contributed by atoms with Gasteiger partial charge < -0.3 is 9.42 Å². The van der Waals surface area contributed by atoms with Crippen molar-refractivity contribution >= 4 is 11.7 Å². The highest BCUT2D eigenvalue weighted by Gasteiger charge is 2.28. The molecule has 8 nitrogen and oxygen atoms in total. The predicted octanol–water partition coefficient (Wildman–Crippen LogP) is 1.69. The Balaban J connectivity index is 1.39. The number of aromatic nitrogens is 6. The zero-order valence-electron chi connectivity index (χ0n) is 13.6. The van der Waals surface area contributed by atoms with E-state index in [1.165, 1.54) is 17.7 Å². The summed E-state index contributed by atoms with van der Waals surface area (Å²) < 4.78 is 7.23. The Morgan fingerprint density at radius 2 is 2.04 bits per heavy atom. The van der Waals surface area contributed by atoms with Gasteiger partial charge >= 0.3 is 6.01 Å². The molecule has 5 rings (SSSR count). The molecule has 3 aromatic heterocycles. The molecule has 124 valence electrons. The molecule has 3 aromatic rings. The predicted molar refractivity (Wildman–Crippen MR) is 86.0 cm³/mol. The first kappa shape index (κ1) is 13.9. The number of piperidine rings is 1. The minimum atomic E-state index is 0.368. The molecular formula is C16H19N7O. The lowest BCUT2D eigenvalue weighted by Gasteiger charge is -2.29. The van der Waals surface area contributed by atoms with Gasteiger partial charge in [0.05, 0.1) is 5.69 Å². The fourth-order valence-electron chi connectivity index (χ4n) is 3.79. The van der Waals surface area contributed by atoms with Crippen LogP contribution in [0.1, 0.15) is 48.1 Å². The van der Waals surface area contributed by atoms with Gasteiger partial charge in [0, 0.05) is 19.0 Å². The minimum absolute atomic E-state index is 0.368. The lowest BCUT2D eigenvalue weighted by molar-refractivity contribution is 0.386. The molecular weight excluding hydrogens is 306 g/mol. The first-order chi connectivity index (χ1) is 11.8. The summed E-state index contributed by atoms with van der Waals surface area (Å²) in [6.07, 6.45) is 5.35. The molecule has 0 N–H and O–H groups in total. The van der Waals surface area contributed by atoms with Gasteiger partial charge in [-0.2, -0.15) is 14.6 Å². The topological polar surface area (TPSA) is 85.2 Å². The maximum absolute atomic E-state index is 5.27. The summed E-state index contributed by atoms with van der Waals surface area (Å²) in [6.45, 7) is 3.60. The number of aryl methyl sites for hydroxylation is 3. The van der Waals surface area contributed by atoms with Crippen LogP contribution in [0.5, 0.6) is 0 Å². The van der Waals surface area contributed by atoms with E-state index in [4.69, 9.17) is 9.62 Å². The lowest BCUT2D eigenvalue weighted by Crippen LogP contribution is -2.33. The Morgan fingerprint density at radius 1 is 1.17 bits per heavy atom. The highest BCUT2D eigenvalue weighted by atomic mass is 16.5. The number of rotatable bonds is 2. The van der Waals surface area contributed by atoms with Crippen molar-refractivity contribution in [2.24, 2.45) is 0 Å². The normalized spacial score (nSPS) is 18.5. The average molecular weight is 325 g/mol. The molecule has 1 fully saturated rings. The molecule has 0 bridgehead atoms. The Bertz CT molecular complexity index is 891. The van der Waals surface area contributed by atoms with Crippen LogP contribution < -0.4 is 4.90 Å². The fourth-order valence-corrected chi connectivity index (χ4v) is 3.79. The van der Waals surface area contributed by atoms with E-state index in [2.05, 4.69) is 31.3 Å². The maximum Gasteiger partial charge on any atom is 0.324 e. The third-order valence-corrected chi connectivity index (χ3v) is 5.09. The van der Waals surface area contributed by atoms with Crippen molar-refractivity contribution in [2.45, 2.75) is 44.9 Å². The second-order valence-corrected chi connectivity index (χ2v) is 6.68. The first-order valence-electron chi connectivity index (χ1n) is 8.57. The van der Waals surface area contributed by atoms with Crippen molar-refractivity contribution in [3.63, 3.8) is 0 Å². The summed E-state index contributed by atoms with van der Waals surface area (Å²) in [5.74, 6) is 2.03. The average Bonchev–Trinajstić information content (AvgIpc) is 3.32. The molecule has 0 radical (unpaired) electrons. The molecule has 2 aliphatic rings. The summed E-state index contributed by atoms with van der Waals surface area (Å²) >= 11 is 0. The van der Waals surface area contributed by atoms with Gasteiger partial charge in [-0.3, -0.25) is 0 Å². The monoisotopic (exact) mass is 325 g/mol. The molecule has 1 saturated heterocycles. The number of nitrogens with zero attached hydrogens (tertiary/aromatic N) is 7. The number of hydrogen-bond donors (Lipinski definition) is 0. The van der Waals surface area contributed by atoms with E-state index < -0.39 is 0 Å². The smallest absolute Gasteiger partial charge is 0.324 e. The number of fused-ring (bicyclic) bond motifs is 2. The molecule has 0 amide bonds. The Labute approximate surface area is 138 Å². The van der Waals surface area contributed by atoms with Crippen molar-refractivity contribution in [3.05, 3.63) is 29.0 Å². The quantitative estimate of drug-likeness (QED) is 0.708. The molecule has 0 unspecified atom stereocenters. The molecule has 4 heterocycles. The van der Waals surface area contributed by atoms with E-state index in [0.717, 1.165) is 50.2 Å². The standard InChI is InChI=1S/C16H19N7O/c1-10-17-16(24-21-10)22-7-5-11(6-8-22)15-19-18-14-9-12-3-2-4-13(12)20-23(14)15/h9,11H,2-8H2,1H3. The van der Waals surface area contributed by atoms with Crippen molar-refractivity contribution in [3.8, 4) is 0 Å². The van der Waals surface area contributed by atoms with E-state index in [1.54, 1.807) is 0 Å². The van der Waals surface area contributed by atoms with Gasteiger partial charge in [0.15, 0.2) is 17.3 Å². The molecule has 0 saturated carbocycles. The van der Waals surface area contributed by atoms with E-state index >= 15 is 0 Å². The highest BCUT2D eigenvalue weighted by molar-refractivity contribution is 5.43. The van der Waals surface area contributed by atoms with Crippen LogP contribution in [0, 0.1) is 6.92 Å². The van der Waals surface area contributed by atoms with Crippen LogP contribution in [0.15, 0.2) is 10.6 Å². The lowest BCUT2D eigenvalue weighted by atomic mass is 9.96. The molecule has 1 aliphatic carbocycles.